The van der Waals surface area contributed by atoms with Crippen LogP contribution >= 0.6 is 0 Å². The molecular formula is C15H18N2O. The van der Waals surface area contributed by atoms with Gasteiger partial charge in [-0.15, -0.1) is 0 Å². The zero-order valence-corrected chi connectivity index (χ0v) is 10.6. The van der Waals surface area contributed by atoms with E-state index in [-0.39, 0.29) is 5.91 Å². The summed E-state index contributed by atoms with van der Waals surface area (Å²) in [6, 6.07) is 7.89. The number of hydrogen-bond donors (Lipinski definition) is 2. The van der Waals surface area contributed by atoms with Crippen molar-refractivity contribution >= 4 is 16.8 Å². The fourth-order valence-corrected chi connectivity index (χ4v) is 2.61. The zero-order valence-electron chi connectivity index (χ0n) is 10.6. The number of aromatic nitrogens is 1. The van der Waals surface area contributed by atoms with Gasteiger partial charge >= 0.3 is 0 Å². The number of para-hydroxylation sites is 1. The molecule has 3 nitrogen and oxygen atoms in total. The maximum absolute atomic E-state index is 12.2. The summed E-state index contributed by atoms with van der Waals surface area (Å²) in [5.74, 6) is 0.0283. The van der Waals surface area contributed by atoms with Crippen LogP contribution < -0.4 is 5.32 Å². The molecule has 2 N–H and O–H groups in total. The second kappa shape index (κ2) is 4.16. The van der Waals surface area contributed by atoms with Crippen molar-refractivity contribution < 1.29 is 4.79 Å². The molecule has 1 aliphatic rings. The number of rotatable bonds is 3. The van der Waals surface area contributed by atoms with Crippen molar-refractivity contribution in [2.45, 2.75) is 26.2 Å². The Morgan fingerprint density at radius 1 is 1.39 bits per heavy atom. The lowest BCUT2D eigenvalue weighted by atomic mass is 9.70. The van der Waals surface area contributed by atoms with E-state index < -0.39 is 0 Å². The van der Waals surface area contributed by atoms with E-state index >= 15 is 0 Å². The molecule has 1 saturated carbocycles. The Balaban J connectivity index is 1.75. The molecule has 0 bridgehead atoms. The number of amides is 1. The lowest BCUT2D eigenvalue weighted by Gasteiger charge is -2.38. The van der Waals surface area contributed by atoms with Gasteiger partial charge in [-0.05, 0) is 24.3 Å². The summed E-state index contributed by atoms with van der Waals surface area (Å²) < 4.78 is 0. The highest BCUT2D eigenvalue weighted by atomic mass is 16.1. The number of carbonyl (C=O) groups is 1. The minimum absolute atomic E-state index is 0.0283. The minimum atomic E-state index is 0.0283. The van der Waals surface area contributed by atoms with Crippen LogP contribution in [0.15, 0.2) is 30.5 Å². The van der Waals surface area contributed by atoms with Gasteiger partial charge in [0.05, 0.1) is 5.56 Å². The third-order valence-corrected chi connectivity index (χ3v) is 4.07. The number of carbonyl (C=O) groups excluding carboxylic acids is 1. The summed E-state index contributed by atoms with van der Waals surface area (Å²) in [5.41, 5.74) is 2.08. The van der Waals surface area contributed by atoms with Crippen molar-refractivity contribution in [1.29, 1.82) is 0 Å². The van der Waals surface area contributed by atoms with Gasteiger partial charge in [0.15, 0.2) is 0 Å². The summed E-state index contributed by atoms with van der Waals surface area (Å²) in [6.07, 6.45) is 5.53. The number of aromatic amines is 1. The maximum Gasteiger partial charge on any atom is 0.253 e. The van der Waals surface area contributed by atoms with Crippen molar-refractivity contribution in [3.05, 3.63) is 36.0 Å². The van der Waals surface area contributed by atoms with Crippen LogP contribution in [0.3, 0.4) is 0 Å². The molecule has 3 rings (SSSR count). The van der Waals surface area contributed by atoms with E-state index in [4.69, 9.17) is 0 Å². The fraction of sp³-hybridized carbons (Fsp3) is 0.400. The van der Waals surface area contributed by atoms with Gasteiger partial charge in [0.1, 0.15) is 0 Å². The van der Waals surface area contributed by atoms with Crippen LogP contribution in [0.4, 0.5) is 0 Å². The van der Waals surface area contributed by atoms with E-state index in [1.165, 1.54) is 19.3 Å². The van der Waals surface area contributed by atoms with Gasteiger partial charge < -0.3 is 10.3 Å². The van der Waals surface area contributed by atoms with Crippen LogP contribution in [-0.4, -0.2) is 17.4 Å². The van der Waals surface area contributed by atoms with Crippen LogP contribution in [0.2, 0.25) is 0 Å². The van der Waals surface area contributed by atoms with E-state index in [2.05, 4.69) is 17.2 Å². The zero-order chi connectivity index (χ0) is 12.6. The van der Waals surface area contributed by atoms with Crippen molar-refractivity contribution in [2.24, 2.45) is 5.41 Å². The average molecular weight is 242 g/mol. The predicted octanol–water partition coefficient (Wildman–Crippen LogP) is 3.09. The molecule has 3 heteroatoms. The summed E-state index contributed by atoms with van der Waals surface area (Å²) in [5, 5.41) is 4.05. The average Bonchev–Trinajstić information content (AvgIpc) is 2.77. The van der Waals surface area contributed by atoms with E-state index in [1.807, 2.05) is 24.3 Å². The Kier molecular flexibility index (Phi) is 2.62. The molecular weight excluding hydrogens is 224 g/mol. The summed E-state index contributed by atoms with van der Waals surface area (Å²) >= 11 is 0. The quantitative estimate of drug-likeness (QED) is 0.853. The summed E-state index contributed by atoms with van der Waals surface area (Å²) in [4.78, 5) is 15.3. The third kappa shape index (κ3) is 1.90. The van der Waals surface area contributed by atoms with Crippen molar-refractivity contribution in [1.82, 2.24) is 10.3 Å². The first kappa shape index (κ1) is 11.3. The Bertz CT molecular complexity index is 581. The number of nitrogens with one attached hydrogen (secondary N) is 2. The van der Waals surface area contributed by atoms with E-state index in [9.17, 15) is 4.79 Å². The molecule has 0 atom stereocenters. The smallest absolute Gasteiger partial charge is 0.253 e. The van der Waals surface area contributed by atoms with Gasteiger partial charge in [-0.25, -0.2) is 0 Å². The third-order valence-electron chi connectivity index (χ3n) is 4.07. The van der Waals surface area contributed by atoms with Gasteiger partial charge in [-0.1, -0.05) is 31.5 Å². The highest BCUT2D eigenvalue weighted by Gasteiger charge is 2.32. The normalized spacial score (nSPS) is 17.4. The van der Waals surface area contributed by atoms with Crippen molar-refractivity contribution in [2.75, 3.05) is 6.54 Å². The SMILES string of the molecule is CC1(CNC(=O)c2c[nH]c3ccccc23)CCC1. The molecule has 0 spiro atoms. The van der Waals surface area contributed by atoms with Crippen LogP contribution in [0.5, 0.6) is 0 Å². The number of benzene rings is 1. The van der Waals surface area contributed by atoms with Crippen LogP contribution in [0.1, 0.15) is 36.5 Å². The Labute approximate surface area is 107 Å². The first-order valence-corrected chi connectivity index (χ1v) is 6.52. The van der Waals surface area contributed by atoms with Crippen molar-refractivity contribution in [3.8, 4) is 0 Å². The Morgan fingerprint density at radius 3 is 2.89 bits per heavy atom. The number of hydrogen-bond acceptors (Lipinski definition) is 1. The van der Waals surface area contributed by atoms with E-state index in [0.29, 0.717) is 5.41 Å². The second-order valence-electron chi connectivity index (χ2n) is 5.59. The van der Waals surface area contributed by atoms with E-state index in [0.717, 1.165) is 23.0 Å². The largest absolute Gasteiger partial charge is 0.360 e. The molecule has 1 fully saturated rings. The number of H-pyrrole nitrogens is 1. The second-order valence-corrected chi connectivity index (χ2v) is 5.59. The predicted molar refractivity (Wildman–Crippen MR) is 72.6 cm³/mol. The Morgan fingerprint density at radius 2 is 2.17 bits per heavy atom. The molecule has 0 unspecified atom stereocenters. The first-order valence-electron chi connectivity index (χ1n) is 6.52. The van der Waals surface area contributed by atoms with Crippen molar-refractivity contribution in [3.63, 3.8) is 0 Å². The summed E-state index contributed by atoms with van der Waals surface area (Å²) in [7, 11) is 0. The summed E-state index contributed by atoms with van der Waals surface area (Å²) in [6.45, 7) is 3.03. The highest BCUT2D eigenvalue weighted by Crippen LogP contribution is 2.39. The van der Waals surface area contributed by atoms with Gasteiger partial charge in [-0.2, -0.15) is 0 Å². The van der Waals surface area contributed by atoms with Crippen LogP contribution in [-0.2, 0) is 0 Å². The standard InChI is InChI=1S/C15H18N2O/c1-15(7-4-8-15)10-17-14(18)12-9-16-13-6-3-2-5-11(12)13/h2-3,5-6,9,16H,4,7-8,10H2,1H3,(H,17,18). The Hall–Kier alpha value is -1.77. The van der Waals surface area contributed by atoms with Gasteiger partial charge in [0.2, 0.25) is 0 Å². The van der Waals surface area contributed by atoms with Crippen LogP contribution in [0, 0.1) is 5.41 Å². The lowest BCUT2D eigenvalue weighted by molar-refractivity contribution is 0.0892. The van der Waals surface area contributed by atoms with Gasteiger partial charge in [0, 0.05) is 23.6 Å². The highest BCUT2D eigenvalue weighted by molar-refractivity contribution is 6.06. The van der Waals surface area contributed by atoms with Gasteiger partial charge in [-0.3, -0.25) is 4.79 Å². The molecule has 1 heterocycles. The molecule has 2 aromatic rings. The molecule has 0 aliphatic heterocycles. The molecule has 94 valence electrons. The minimum Gasteiger partial charge on any atom is -0.360 e. The lowest BCUT2D eigenvalue weighted by Crippen LogP contribution is -2.39. The van der Waals surface area contributed by atoms with Gasteiger partial charge in [0.25, 0.3) is 5.91 Å². The molecule has 18 heavy (non-hydrogen) atoms. The molecule has 1 aliphatic carbocycles. The van der Waals surface area contributed by atoms with Crippen LogP contribution in [0.25, 0.3) is 10.9 Å². The molecule has 0 radical (unpaired) electrons. The first-order chi connectivity index (χ1) is 8.68. The molecule has 1 aromatic heterocycles. The topological polar surface area (TPSA) is 44.9 Å². The molecule has 1 aromatic carbocycles. The monoisotopic (exact) mass is 242 g/mol. The number of fused-ring (bicyclic) bond motifs is 1. The maximum atomic E-state index is 12.2. The molecule has 1 amide bonds. The molecule has 0 saturated heterocycles. The van der Waals surface area contributed by atoms with E-state index in [1.54, 1.807) is 6.20 Å². The fourth-order valence-electron chi connectivity index (χ4n) is 2.61.